The van der Waals surface area contributed by atoms with Gasteiger partial charge in [-0.2, -0.15) is 0 Å². The topological polar surface area (TPSA) is 99.1 Å². The number of nitrogens with one attached hydrogen (secondary N) is 1. The van der Waals surface area contributed by atoms with E-state index in [0.717, 1.165) is 10.1 Å². The van der Waals surface area contributed by atoms with Crippen LogP contribution in [-0.4, -0.2) is 21.5 Å². The zero-order chi connectivity index (χ0) is 21.8. The number of aromatic nitrogens is 2. The van der Waals surface area contributed by atoms with Crippen LogP contribution in [0.1, 0.15) is 22.8 Å². The number of anilines is 2. The van der Waals surface area contributed by atoms with Crippen LogP contribution in [0.5, 0.6) is 0 Å². The van der Waals surface area contributed by atoms with E-state index in [9.17, 15) is 18.8 Å². The summed E-state index contributed by atoms with van der Waals surface area (Å²) in [5.41, 5.74) is 5.36. The fraction of sp³-hybridized carbons (Fsp3) is 0.190. The zero-order valence-corrected chi connectivity index (χ0v) is 17.8. The van der Waals surface area contributed by atoms with Crippen LogP contribution < -0.4 is 22.3 Å². The molecular weight excluding hydrogens is 455 g/mol. The van der Waals surface area contributed by atoms with Crippen LogP contribution in [0.2, 0.25) is 0 Å². The van der Waals surface area contributed by atoms with Gasteiger partial charge in [0.2, 0.25) is 0 Å². The highest BCUT2D eigenvalue weighted by Crippen LogP contribution is 2.19. The van der Waals surface area contributed by atoms with Crippen LogP contribution in [-0.2, 0) is 13.1 Å². The molecule has 7 nitrogen and oxygen atoms in total. The van der Waals surface area contributed by atoms with Gasteiger partial charge < -0.3 is 11.1 Å². The van der Waals surface area contributed by atoms with Gasteiger partial charge in [0.25, 0.3) is 5.56 Å². The van der Waals surface area contributed by atoms with Crippen molar-refractivity contribution >= 4 is 33.2 Å². The number of Topliss-reactive ketones (excluding diaryl/α,β-unsaturated/α-hetero) is 1. The molecule has 2 aromatic carbocycles. The van der Waals surface area contributed by atoms with Crippen LogP contribution in [0.25, 0.3) is 0 Å². The molecule has 1 heterocycles. The predicted octanol–water partition coefficient (Wildman–Crippen LogP) is 2.86. The number of carbonyl (C=O) groups excluding carboxylic acids is 1. The lowest BCUT2D eigenvalue weighted by molar-refractivity contribution is 0.100. The van der Waals surface area contributed by atoms with E-state index < -0.39 is 22.8 Å². The monoisotopic (exact) mass is 474 g/mol. The van der Waals surface area contributed by atoms with Crippen LogP contribution in [0.3, 0.4) is 0 Å². The molecule has 0 atom stereocenters. The van der Waals surface area contributed by atoms with E-state index in [0.29, 0.717) is 4.47 Å². The number of halogens is 2. The second-order valence-electron chi connectivity index (χ2n) is 6.56. The largest absolute Gasteiger partial charge is 0.384 e. The summed E-state index contributed by atoms with van der Waals surface area (Å²) in [7, 11) is 0. The highest BCUT2D eigenvalue weighted by atomic mass is 79.9. The maximum atomic E-state index is 14.0. The molecule has 0 spiro atoms. The van der Waals surface area contributed by atoms with Gasteiger partial charge in [-0.3, -0.25) is 18.7 Å². The molecule has 3 rings (SSSR count). The third-order valence-corrected chi connectivity index (χ3v) is 5.11. The highest BCUT2D eigenvalue weighted by Gasteiger charge is 2.22. The second kappa shape index (κ2) is 9.08. The molecule has 0 aliphatic rings. The van der Waals surface area contributed by atoms with Gasteiger partial charge in [-0.15, -0.1) is 0 Å². The van der Waals surface area contributed by atoms with Crippen molar-refractivity contribution in [1.29, 1.82) is 0 Å². The number of hydrogen-bond donors (Lipinski definition) is 2. The fourth-order valence-corrected chi connectivity index (χ4v) is 3.40. The molecule has 0 amide bonds. The molecule has 0 radical (unpaired) electrons. The first-order valence-electron chi connectivity index (χ1n) is 9.22. The van der Waals surface area contributed by atoms with Crippen molar-refractivity contribution in [2.75, 3.05) is 17.6 Å². The Balaban J connectivity index is 1.98. The summed E-state index contributed by atoms with van der Waals surface area (Å²) >= 11 is 3.16. The van der Waals surface area contributed by atoms with Crippen LogP contribution >= 0.6 is 15.9 Å². The van der Waals surface area contributed by atoms with Gasteiger partial charge in [0.05, 0.1) is 18.8 Å². The number of nitrogens with two attached hydrogens (primary N) is 1. The van der Waals surface area contributed by atoms with Gasteiger partial charge in [0.15, 0.2) is 5.78 Å². The van der Waals surface area contributed by atoms with Crippen molar-refractivity contribution in [2.24, 2.45) is 0 Å². The minimum atomic E-state index is -0.757. The summed E-state index contributed by atoms with van der Waals surface area (Å²) in [4.78, 5) is 38.3. The molecule has 0 aliphatic carbocycles. The van der Waals surface area contributed by atoms with E-state index in [1.54, 1.807) is 13.0 Å². The Morgan fingerprint density at radius 2 is 1.83 bits per heavy atom. The molecule has 0 saturated carbocycles. The summed E-state index contributed by atoms with van der Waals surface area (Å²) in [5.74, 6) is -1.39. The minimum Gasteiger partial charge on any atom is -0.384 e. The maximum Gasteiger partial charge on any atom is 0.332 e. The van der Waals surface area contributed by atoms with E-state index in [1.807, 2.05) is 30.3 Å². The number of rotatable bonds is 7. The predicted molar refractivity (Wildman–Crippen MR) is 118 cm³/mol. The Hall–Kier alpha value is -3.20. The van der Waals surface area contributed by atoms with Crippen molar-refractivity contribution in [3.05, 3.63) is 90.8 Å². The van der Waals surface area contributed by atoms with Gasteiger partial charge in [-0.1, -0.05) is 46.3 Å². The first kappa shape index (κ1) is 21.5. The van der Waals surface area contributed by atoms with Crippen molar-refractivity contribution < 1.29 is 9.18 Å². The number of hydrogen-bond acceptors (Lipinski definition) is 5. The van der Waals surface area contributed by atoms with E-state index in [-0.39, 0.29) is 36.7 Å². The van der Waals surface area contributed by atoms with Crippen molar-refractivity contribution in [1.82, 2.24) is 9.13 Å². The first-order valence-corrected chi connectivity index (χ1v) is 10.0. The molecule has 0 saturated heterocycles. The van der Waals surface area contributed by atoms with Gasteiger partial charge in [0.1, 0.15) is 17.2 Å². The summed E-state index contributed by atoms with van der Waals surface area (Å²) in [6.07, 6.45) is 0. The Bertz CT molecular complexity index is 1210. The van der Waals surface area contributed by atoms with Crippen LogP contribution in [0.4, 0.5) is 15.9 Å². The van der Waals surface area contributed by atoms with Gasteiger partial charge in [0, 0.05) is 11.0 Å². The van der Waals surface area contributed by atoms with Crippen molar-refractivity contribution in [3.8, 4) is 0 Å². The highest BCUT2D eigenvalue weighted by molar-refractivity contribution is 9.10. The van der Waals surface area contributed by atoms with E-state index >= 15 is 0 Å². The molecule has 156 valence electrons. The molecule has 0 fully saturated rings. The molecule has 3 N–H and O–H groups in total. The fourth-order valence-electron chi connectivity index (χ4n) is 3.07. The van der Waals surface area contributed by atoms with E-state index in [1.165, 1.54) is 16.7 Å². The zero-order valence-electron chi connectivity index (χ0n) is 16.2. The van der Waals surface area contributed by atoms with Crippen molar-refractivity contribution in [3.63, 3.8) is 0 Å². The summed E-state index contributed by atoms with van der Waals surface area (Å²) in [6, 6.07) is 13.4. The number of nitrogens with zero attached hydrogens (tertiary/aromatic N) is 2. The van der Waals surface area contributed by atoms with Crippen LogP contribution in [0.15, 0.2) is 62.6 Å². The quantitative estimate of drug-likeness (QED) is 0.512. The third kappa shape index (κ3) is 4.35. The standard InChI is InChI=1S/C21H20BrFN4O3/c1-2-26-20(29)18(17(28)11-25-16-9-8-14(22)10-15(16)23)19(24)27(21(26)30)12-13-6-4-3-5-7-13/h3-10,25H,2,11-12,24H2,1H3. The second-order valence-corrected chi connectivity index (χ2v) is 7.48. The van der Waals surface area contributed by atoms with E-state index in [4.69, 9.17) is 5.73 Å². The van der Waals surface area contributed by atoms with Crippen molar-refractivity contribution in [2.45, 2.75) is 20.0 Å². The summed E-state index contributed by atoms with van der Waals surface area (Å²) in [6.45, 7) is 1.48. The molecule has 1 aromatic heterocycles. The smallest absolute Gasteiger partial charge is 0.332 e. The summed E-state index contributed by atoms with van der Waals surface area (Å²) < 4.78 is 16.7. The molecule has 30 heavy (non-hydrogen) atoms. The Morgan fingerprint density at radius 1 is 1.13 bits per heavy atom. The summed E-state index contributed by atoms with van der Waals surface area (Å²) in [5, 5.41) is 2.68. The maximum absolute atomic E-state index is 14.0. The lowest BCUT2D eigenvalue weighted by atomic mass is 10.1. The van der Waals surface area contributed by atoms with Gasteiger partial charge in [-0.25, -0.2) is 9.18 Å². The van der Waals surface area contributed by atoms with E-state index in [2.05, 4.69) is 21.2 Å². The SMILES string of the molecule is CCn1c(=O)c(C(=O)CNc2ccc(Br)cc2F)c(N)n(Cc2ccccc2)c1=O. The number of benzene rings is 2. The van der Waals surface area contributed by atoms with Gasteiger partial charge in [-0.05, 0) is 30.7 Å². The molecule has 3 aromatic rings. The Labute approximate surface area is 180 Å². The average molecular weight is 475 g/mol. The number of carbonyl (C=O) groups is 1. The molecule has 0 bridgehead atoms. The third-order valence-electron chi connectivity index (χ3n) is 4.62. The molecule has 9 heteroatoms. The van der Waals surface area contributed by atoms with Gasteiger partial charge >= 0.3 is 5.69 Å². The lowest BCUT2D eigenvalue weighted by Gasteiger charge is -2.16. The molecule has 0 aliphatic heterocycles. The lowest BCUT2D eigenvalue weighted by Crippen LogP contribution is -2.44. The Kier molecular flexibility index (Phi) is 6.51. The number of ketones is 1. The Morgan fingerprint density at radius 3 is 2.47 bits per heavy atom. The molecular formula is C21H20BrFN4O3. The minimum absolute atomic E-state index is 0.0851. The average Bonchev–Trinajstić information content (AvgIpc) is 2.71. The van der Waals surface area contributed by atoms with Crippen LogP contribution in [0, 0.1) is 5.82 Å². The first-order chi connectivity index (χ1) is 14.3. The molecule has 0 unspecified atom stereocenters. The normalized spacial score (nSPS) is 10.8. The number of nitrogen functional groups attached to an aromatic ring is 1.